The second kappa shape index (κ2) is 8.70. The first-order valence-electron chi connectivity index (χ1n) is 9.72. The summed E-state index contributed by atoms with van der Waals surface area (Å²) >= 11 is 1.80. The highest BCUT2D eigenvalue weighted by molar-refractivity contribution is 7.99. The first-order valence-corrected chi connectivity index (χ1v) is 10.7. The van der Waals surface area contributed by atoms with Crippen LogP contribution in [0.3, 0.4) is 0 Å². The molecule has 1 aliphatic rings. The minimum Gasteiger partial charge on any atom is -0.365 e. The predicted octanol–water partition coefficient (Wildman–Crippen LogP) is 5.43. The molecular weight excluding hydrogens is 383 g/mol. The normalized spacial score (nSPS) is 14.2. The van der Waals surface area contributed by atoms with Crippen molar-refractivity contribution in [3.63, 3.8) is 0 Å². The zero-order valence-corrected chi connectivity index (χ0v) is 17.1. The second-order valence-corrected chi connectivity index (χ2v) is 8.32. The first-order chi connectivity index (χ1) is 14.1. The van der Waals surface area contributed by atoms with E-state index in [0.29, 0.717) is 12.1 Å². The number of carbonyl (C=O) groups excluding carboxylic acids is 1. The monoisotopic (exact) mass is 406 g/mol. The lowest BCUT2D eigenvalue weighted by Gasteiger charge is -2.31. The summed E-state index contributed by atoms with van der Waals surface area (Å²) in [6, 6.07) is 22.4. The first kappa shape index (κ1) is 19.5. The average Bonchev–Trinajstić information content (AvgIpc) is 2.76. The Bertz CT molecular complexity index is 992. The molecule has 0 fully saturated rings. The Labute approximate surface area is 174 Å². The van der Waals surface area contributed by atoms with Crippen molar-refractivity contribution in [1.82, 2.24) is 5.32 Å². The largest absolute Gasteiger partial charge is 0.365 e. The summed E-state index contributed by atoms with van der Waals surface area (Å²) in [6.45, 7) is 3.57. The number of hydrogen-bond donors (Lipinski definition) is 1. The highest BCUT2D eigenvalue weighted by atomic mass is 32.2. The van der Waals surface area contributed by atoms with Crippen molar-refractivity contribution in [2.24, 2.45) is 0 Å². The van der Waals surface area contributed by atoms with Crippen LogP contribution < -0.4 is 10.2 Å². The Hall–Kier alpha value is -2.79. The van der Waals surface area contributed by atoms with Crippen LogP contribution in [0.1, 0.15) is 34.5 Å². The molecule has 1 aliphatic heterocycles. The molecule has 1 N–H and O–H groups in total. The van der Waals surface area contributed by atoms with Gasteiger partial charge in [0, 0.05) is 29.3 Å². The van der Waals surface area contributed by atoms with E-state index in [1.54, 1.807) is 11.8 Å². The molecule has 0 bridgehead atoms. The molecule has 29 heavy (non-hydrogen) atoms. The number of carbonyl (C=O) groups is 1. The van der Waals surface area contributed by atoms with Gasteiger partial charge in [0.25, 0.3) is 5.91 Å². The molecule has 3 aromatic rings. The zero-order chi connectivity index (χ0) is 20.2. The van der Waals surface area contributed by atoms with Gasteiger partial charge >= 0.3 is 0 Å². The zero-order valence-electron chi connectivity index (χ0n) is 16.3. The number of amides is 1. The lowest BCUT2D eigenvalue weighted by molar-refractivity contribution is 0.0940. The Morgan fingerprint density at radius 3 is 2.62 bits per heavy atom. The fourth-order valence-electron chi connectivity index (χ4n) is 3.49. The van der Waals surface area contributed by atoms with Gasteiger partial charge in [-0.1, -0.05) is 42.5 Å². The molecule has 3 nitrogen and oxygen atoms in total. The van der Waals surface area contributed by atoms with Gasteiger partial charge in [-0.2, -0.15) is 0 Å². The van der Waals surface area contributed by atoms with Gasteiger partial charge in [-0.3, -0.25) is 4.79 Å². The number of rotatable bonds is 5. The molecule has 3 aromatic carbocycles. The number of fused-ring (bicyclic) bond motifs is 1. The van der Waals surface area contributed by atoms with Crippen molar-refractivity contribution in [3.05, 3.63) is 95.3 Å². The van der Waals surface area contributed by atoms with Crippen LogP contribution in [0.4, 0.5) is 10.1 Å². The van der Waals surface area contributed by atoms with Crippen LogP contribution in [0.5, 0.6) is 0 Å². The van der Waals surface area contributed by atoms with Gasteiger partial charge in [0.15, 0.2) is 0 Å². The fraction of sp³-hybridized carbons (Fsp3) is 0.208. The number of halogens is 1. The number of nitrogens with one attached hydrogen (secondary N) is 1. The van der Waals surface area contributed by atoms with Gasteiger partial charge in [-0.15, -0.1) is 11.8 Å². The van der Waals surface area contributed by atoms with Crippen molar-refractivity contribution in [3.8, 4) is 0 Å². The summed E-state index contributed by atoms with van der Waals surface area (Å²) in [5.41, 5.74) is 3.84. The Morgan fingerprint density at radius 2 is 1.86 bits per heavy atom. The summed E-state index contributed by atoms with van der Waals surface area (Å²) in [4.78, 5) is 16.3. The molecule has 1 atom stereocenters. The van der Waals surface area contributed by atoms with E-state index in [2.05, 4.69) is 10.2 Å². The van der Waals surface area contributed by atoms with Crippen LogP contribution in [0.15, 0.2) is 77.7 Å². The number of hydrogen-bond acceptors (Lipinski definition) is 3. The van der Waals surface area contributed by atoms with Crippen LogP contribution in [0.2, 0.25) is 0 Å². The summed E-state index contributed by atoms with van der Waals surface area (Å²) in [6.07, 6.45) is 0. The number of nitrogens with zero attached hydrogens (tertiary/aromatic N) is 1. The maximum absolute atomic E-state index is 13.2. The van der Waals surface area contributed by atoms with Gasteiger partial charge in [0.2, 0.25) is 0 Å². The average molecular weight is 407 g/mol. The highest BCUT2D eigenvalue weighted by Gasteiger charge is 2.20. The van der Waals surface area contributed by atoms with E-state index in [4.69, 9.17) is 0 Å². The van der Waals surface area contributed by atoms with E-state index in [9.17, 15) is 9.18 Å². The quantitative estimate of drug-likeness (QED) is 0.613. The van der Waals surface area contributed by atoms with Crippen molar-refractivity contribution in [1.29, 1.82) is 0 Å². The third-order valence-corrected chi connectivity index (χ3v) is 6.16. The fourth-order valence-corrected chi connectivity index (χ4v) is 4.53. The van der Waals surface area contributed by atoms with Crippen LogP contribution in [-0.2, 0) is 6.54 Å². The summed E-state index contributed by atoms with van der Waals surface area (Å²) < 4.78 is 13.2. The van der Waals surface area contributed by atoms with E-state index >= 15 is 0 Å². The molecule has 0 saturated heterocycles. The standard InChI is InChI=1S/C24H23FN2OS/c1-17(19-5-3-2-4-6-19)26-24(28)20-9-12-23-22(15-20)27(13-14-29-23)16-18-7-10-21(25)11-8-18/h2-12,15,17H,13-14,16H2,1H3,(H,26,28). The molecule has 0 saturated carbocycles. The van der Waals surface area contributed by atoms with Gasteiger partial charge in [0.05, 0.1) is 11.7 Å². The van der Waals surface area contributed by atoms with Gasteiger partial charge in [0.1, 0.15) is 5.82 Å². The summed E-state index contributed by atoms with van der Waals surface area (Å²) in [5, 5.41) is 3.08. The smallest absolute Gasteiger partial charge is 0.251 e. The summed E-state index contributed by atoms with van der Waals surface area (Å²) in [5.74, 6) is 0.682. The number of thioether (sulfide) groups is 1. The lowest BCUT2D eigenvalue weighted by atomic mass is 10.1. The van der Waals surface area contributed by atoms with E-state index in [0.717, 1.165) is 29.1 Å². The molecule has 1 amide bonds. The van der Waals surface area contributed by atoms with Gasteiger partial charge in [-0.25, -0.2) is 4.39 Å². The molecule has 5 heteroatoms. The van der Waals surface area contributed by atoms with Crippen molar-refractivity contribution < 1.29 is 9.18 Å². The van der Waals surface area contributed by atoms with E-state index in [-0.39, 0.29) is 17.8 Å². The third-order valence-electron chi connectivity index (χ3n) is 5.11. The molecule has 0 spiro atoms. The Kier molecular flexibility index (Phi) is 5.86. The molecular formula is C24H23FN2OS. The minimum atomic E-state index is -0.227. The number of anilines is 1. The molecule has 0 aromatic heterocycles. The van der Waals surface area contributed by atoms with E-state index in [1.807, 2.05) is 67.6 Å². The number of benzene rings is 3. The van der Waals surface area contributed by atoms with Crippen LogP contribution >= 0.6 is 11.8 Å². The van der Waals surface area contributed by atoms with Gasteiger partial charge < -0.3 is 10.2 Å². The lowest BCUT2D eigenvalue weighted by Crippen LogP contribution is -2.30. The Morgan fingerprint density at radius 1 is 1.10 bits per heavy atom. The molecule has 148 valence electrons. The molecule has 1 heterocycles. The Balaban J connectivity index is 1.53. The SMILES string of the molecule is CC(NC(=O)c1ccc2c(c1)N(Cc1ccc(F)cc1)CCS2)c1ccccc1. The van der Waals surface area contributed by atoms with E-state index in [1.165, 1.54) is 17.0 Å². The second-order valence-electron chi connectivity index (χ2n) is 7.18. The predicted molar refractivity (Wildman–Crippen MR) is 117 cm³/mol. The van der Waals surface area contributed by atoms with Crippen LogP contribution in [0.25, 0.3) is 0 Å². The van der Waals surface area contributed by atoms with E-state index < -0.39 is 0 Å². The van der Waals surface area contributed by atoms with Crippen LogP contribution in [-0.4, -0.2) is 18.2 Å². The van der Waals surface area contributed by atoms with Crippen molar-refractivity contribution in [2.45, 2.75) is 24.4 Å². The molecule has 0 aliphatic carbocycles. The maximum atomic E-state index is 13.2. The third kappa shape index (κ3) is 4.62. The van der Waals surface area contributed by atoms with Gasteiger partial charge in [-0.05, 0) is 48.4 Å². The van der Waals surface area contributed by atoms with Crippen molar-refractivity contribution in [2.75, 3.05) is 17.2 Å². The maximum Gasteiger partial charge on any atom is 0.251 e. The minimum absolute atomic E-state index is 0.0653. The molecule has 4 rings (SSSR count). The van der Waals surface area contributed by atoms with Crippen LogP contribution in [0, 0.1) is 5.82 Å². The summed E-state index contributed by atoms with van der Waals surface area (Å²) in [7, 11) is 0. The topological polar surface area (TPSA) is 32.3 Å². The van der Waals surface area contributed by atoms with Crippen molar-refractivity contribution >= 4 is 23.4 Å². The molecule has 1 unspecified atom stereocenters. The highest BCUT2D eigenvalue weighted by Crippen LogP contribution is 2.36. The molecule has 0 radical (unpaired) electrons.